The van der Waals surface area contributed by atoms with Crippen molar-refractivity contribution in [1.82, 2.24) is 14.8 Å². The van der Waals surface area contributed by atoms with Crippen LogP contribution in [0, 0.1) is 0 Å². The summed E-state index contributed by atoms with van der Waals surface area (Å²) < 4.78 is 5.98. The highest BCUT2D eigenvalue weighted by Gasteiger charge is 2.31. The van der Waals surface area contributed by atoms with Crippen LogP contribution < -0.4 is 0 Å². The fourth-order valence-electron chi connectivity index (χ4n) is 2.33. The molecule has 7 heteroatoms. The maximum Gasteiger partial charge on any atom is 0.410 e. The Morgan fingerprint density at radius 2 is 2.33 bits per heavy atom. The first-order valence-corrected chi connectivity index (χ1v) is 8.22. The number of carbonyl (C=O) groups is 1. The van der Waals surface area contributed by atoms with Gasteiger partial charge >= 0.3 is 6.09 Å². The van der Waals surface area contributed by atoms with Crippen LogP contribution in [-0.2, 0) is 11.3 Å². The van der Waals surface area contributed by atoms with E-state index in [1.165, 1.54) is 11.3 Å². The van der Waals surface area contributed by atoms with E-state index in [2.05, 4.69) is 16.9 Å². The average Bonchev–Trinajstić information content (AvgIpc) is 2.96. The van der Waals surface area contributed by atoms with Crippen LogP contribution in [0.5, 0.6) is 0 Å². The summed E-state index contributed by atoms with van der Waals surface area (Å²) in [5.41, 5.74) is -0.444. The Labute approximate surface area is 134 Å². The fourth-order valence-corrected chi connectivity index (χ4v) is 3.37. The van der Waals surface area contributed by atoms with Gasteiger partial charge in [-0.25, -0.2) is 9.78 Å². The molecule has 0 spiro atoms. The van der Waals surface area contributed by atoms with Crippen LogP contribution in [0.25, 0.3) is 0 Å². The van der Waals surface area contributed by atoms with E-state index in [1.54, 1.807) is 4.90 Å². The van der Waals surface area contributed by atoms with Crippen molar-refractivity contribution in [1.29, 1.82) is 0 Å². The minimum atomic E-state index is -0.444. The van der Waals surface area contributed by atoms with Crippen molar-refractivity contribution in [2.45, 2.75) is 45.4 Å². The molecule has 1 saturated heterocycles. The van der Waals surface area contributed by atoms with Gasteiger partial charge in [-0.1, -0.05) is 11.6 Å². The highest BCUT2D eigenvalue weighted by atomic mass is 35.5. The molecule has 1 unspecified atom stereocenters. The van der Waals surface area contributed by atoms with E-state index in [0.29, 0.717) is 17.1 Å². The lowest BCUT2D eigenvalue weighted by atomic mass is 10.2. The van der Waals surface area contributed by atoms with Crippen LogP contribution in [-0.4, -0.2) is 52.7 Å². The third kappa shape index (κ3) is 4.83. The molecule has 1 aromatic heterocycles. The molecule has 0 saturated carbocycles. The molecule has 1 aromatic rings. The molecule has 0 aliphatic carbocycles. The second kappa shape index (κ2) is 6.50. The first-order valence-electron chi connectivity index (χ1n) is 7.03. The first kappa shape index (κ1) is 16.5. The molecule has 0 N–H and O–H groups in total. The van der Waals surface area contributed by atoms with Gasteiger partial charge in [0.1, 0.15) is 5.60 Å². The topological polar surface area (TPSA) is 45.7 Å². The number of halogens is 1. The molecule has 0 bridgehead atoms. The molecule has 0 aromatic carbocycles. The molecule has 5 nitrogen and oxygen atoms in total. The quantitative estimate of drug-likeness (QED) is 0.853. The van der Waals surface area contributed by atoms with Crippen LogP contribution in [0.1, 0.15) is 32.1 Å². The zero-order chi connectivity index (χ0) is 15.6. The summed E-state index contributed by atoms with van der Waals surface area (Å²) >= 11 is 7.35. The maximum atomic E-state index is 12.1. The van der Waals surface area contributed by atoms with Gasteiger partial charge in [0, 0.05) is 36.8 Å². The monoisotopic (exact) mass is 331 g/mol. The Hall–Kier alpha value is -0.850. The average molecular weight is 332 g/mol. The predicted molar refractivity (Wildman–Crippen MR) is 84.8 cm³/mol. The van der Waals surface area contributed by atoms with E-state index in [-0.39, 0.29) is 6.09 Å². The van der Waals surface area contributed by atoms with Gasteiger partial charge in [-0.2, -0.15) is 0 Å². The highest BCUT2D eigenvalue weighted by molar-refractivity contribution is 7.15. The minimum absolute atomic E-state index is 0.223. The number of likely N-dealkylation sites (tertiary alicyclic amines) is 1. The van der Waals surface area contributed by atoms with E-state index in [0.717, 1.165) is 24.4 Å². The molecule has 1 amide bonds. The van der Waals surface area contributed by atoms with Crippen molar-refractivity contribution in [3.63, 3.8) is 0 Å². The van der Waals surface area contributed by atoms with E-state index < -0.39 is 5.60 Å². The lowest BCUT2D eigenvalue weighted by Gasteiger charge is -2.26. The number of carbonyl (C=O) groups excluding carboxylic acids is 1. The third-order valence-electron chi connectivity index (χ3n) is 3.37. The van der Waals surface area contributed by atoms with Gasteiger partial charge in [0.15, 0.2) is 4.47 Å². The van der Waals surface area contributed by atoms with Crippen molar-refractivity contribution < 1.29 is 9.53 Å². The number of aromatic nitrogens is 1. The Morgan fingerprint density at radius 1 is 1.62 bits per heavy atom. The number of hydrogen-bond donors (Lipinski definition) is 0. The molecule has 2 heterocycles. The van der Waals surface area contributed by atoms with E-state index >= 15 is 0 Å². The number of hydrogen-bond acceptors (Lipinski definition) is 5. The number of rotatable bonds is 3. The number of thiazole rings is 1. The summed E-state index contributed by atoms with van der Waals surface area (Å²) in [6.07, 6.45) is 2.55. The second-order valence-corrected chi connectivity index (χ2v) is 8.06. The number of ether oxygens (including phenoxy) is 1. The fraction of sp³-hybridized carbons (Fsp3) is 0.714. The van der Waals surface area contributed by atoms with Crippen LogP contribution >= 0.6 is 22.9 Å². The predicted octanol–water partition coefficient (Wildman–Crippen LogP) is 3.24. The van der Waals surface area contributed by atoms with Crippen molar-refractivity contribution in [2.24, 2.45) is 0 Å². The Morgan fingerprint density at radius 3 is 2.90 bits per heavy atom. The van der Waals surface area contributed by atoms with Gasteiger partial charge in [0.2, 0.25) is 0 Å². The molecule has 2 rings (SSSR count). The van der Waals surface area contributed by atoms with Crippen molar-refractivity contribution in [3.8, 4) is 0 Å². The van der Waals surface area contributed by atoms with E-state index in [1.807, 2.05) is 27.0 Å². The lowest BCUT2D eigenvalue weighted by Crippen LogP contribution is -2.38. The molecule has 0 radical (unpaired) electrons. The molecule has 1 aliphatic rings. The first-order chi connectivity index (χ1) is 9.74. The summed E-state index contributed by atoms with van der Waals surface area (Å²) in [4.78, 5) is 21.3. The Kier molecular flexibility index (Phi) is 5.11. The van der Waals surface area contributed by atoms with Crippen LogP contribution in [0.3, 0.4) is 0 Å². The molecule has 118 valence electrons. The summed E-state index contributed by atoms with van der Waals surface area (Å²) in [6, 6.07) is 0.346. The van der Waals surface area contributed by atoms with Gasteiger partial charge in [0.25, 0.3) is 0 Å². The van der Waals surface area contributed by atoms with Gasteiger partial charge in [-0.05, 0) is 34.2 Å². The van der Waals surface area contributed by atoms with Crippen LogP contribution in [0.2, 0.25) is 4.47 Å². The smallest absolute Gasteiger partial charge is 0.410 e. The standard InChI is InChI=1S/C14H22ClN3O2S/c1-14(2,3)20-13(19)18-6-5-10(8-18)17(4)9-11-7-16-12(15)21-11/h7,10H,5-6,8-9H2,1-4H3. The number of amides is 1. The lowest BCUT2D eigenvalue weighted by molar-refractivity contribution is 0.0282. The van der Waals surface area contributed by atoms with Crippen LogP contribution in [0.4, 0.5) is 4.79 Å². The Bertz CT molecular complexity index is 501. The molecule has 1 aliphatic heterocycles. The normalized spacial score (nSPS) is 19.3. The van der Waals surface area contributed by atoms with Gasteiger partial charge < -0.3 is 9.64 Å². The SMILES string of the molecule is CN(Cc1cnc(Cl)s1)C1CCN(C(=O)OC(C)(C)C)C1. The van der Waals surface area contributed by atoms with Crippen molar-refractivity contribution >= 4 is 29.0 Å². The third-order valence-corrected chi connectivity index (χ3v) is 4.47. The summed E-state index contributed by atoms with van der Waals surface area (Å²) in [5, 5.41) is 0. The minimum Gasteiger partial charge on any atom is -0.444 e. The highest BCUT2D eigenvalue weighted by Crippen LogP contribution is 2.23. The van der Waals surface area contributed by atoms with E-state index in [9.17, 15) is 4.79 Å². The number of likely N-dealkylation sites (N-methyl/N-ethyl adjacent to an activating group) is 1. The van der Waals surface area contributed by atoms with Gasteiger partial charge in [0.05, 0.1) is 0 Å². The molecule has 1 atom stereocenters. The second-order valence-electron chi connectivity index (χ2n) is 6.36. The summed E-state index contributed by atoms with van der Waals surface area (Å²) in [5.74, 6) is 0. The zero-order valence-corrected chi connectivity index (χ0v) is 14.5. The molecule has 21 heavy (non-hydrogen) atoms. The maximum absolute atomic E-state index is 12.1. The van der Waals surface area contributed by atoms with Crippen molar-refractivity contribution in [2.75, 3.05) is 20.1 Å². The number of nitrogens with zero attached hydrogens (tertiary/aromatic N) is 3. The molecule has 1 fully saturated rings. The van der Waals surface area contributed by atoms with Gasteiger partial charge in [-0.15, -0.1) is 11.3 Å². The van der Waals surface area contributed by atoms with Crippen LogP contribution in [0.15, 0.2) is 6.20 Å². The zero-order valence-electron chi connectivity index (χ0n) is 12.9. The largest absolute Gasteiger partial charge is 0.444 e. The van der Waals surface area contributed by atoms with E-state index in [4.69, 9.17) is 16.3 Å². The summed E-state index contributed by atoms with van der Waals surface area (Å²) in [6.45, 7) is 7.91. The van der Waals surface area contributed by atoms with Crippen molar-refractivity contribution in [3.05, 3.63) is 15.5 Å². The molecular weight excluding hydrogens is 310 g/mol. The van der Waals surface area contributed by atoms with Gasteiger partial charge in [-0.3, -0.25) is 4.90 Å². The molecular formula is C14H22ClN3O2S. The Balaban J connectivity index is 1.85. The summed E-state index contributed by atoms with van der Waals surface area (Å²) in [7, 11) is 2.07.